The zero-order valence-corrected chi connectivity index (χ0v) is 15.3. The van der Waals surface area contributed by atoms with E-state index in [4.69, 9.17) is 0 Å². The maximum Gasteiger partial charge on any atom is 0.350 e. The number of nitrogens with zero attached hydrogens (tertiary/aromatic N) is 3. The molecule has 146 valence electrons. The monoisotopic (exact) mass is 387 g/mol. The predicted octanol–water partition coefficient (Wildman–Crippen LogP) is 3.12. The van der Waals surface area contributed by atoms with Crippen molar-refractivity contribution in [1.29, 1.82) is 0 Å². The topological polar surface area (TPSA) is 81.0 Å². The third-order valence-corrected chi connectivity index (χ3v) is 4.24. The summed E-state index contributed by atoms with van der Waals surface area (Å²) in [5.74, 6) is -1.16. The first-order valence-corrected chi connectivity index (χ1v) is 8.62. The number of aromatic nitrogens is 3. The molecule has 2 aromatic carbocycles. The molecule has 1 aromatic heterocycles. The molecule has 2 amide bonds. The van der Waals surface area contributed by atoms with E-state index in [-0.39, 0.29) is 11.3 Å². The van der Waals surface area contributed by atoms with Crippen molar-refractivity contribution in [3.05, 3.63) is 76.5 Å². The average molecular weight is 387 g/mol. The molecule has 0 radical (unpaired) electrons. The van der Waals surface area contributed by atoms with Crippen LogP contribution in [-0.4, -0.2) is 20.4 Å². The molecule has 0 unspecified atom stereocenters. The molecule has 0 aliphatic carbocycles. The van der Waals surface area contributed by atoms with Crippen LogP contribution in [0.3, 0.4) is 0 Å². The normalized spacial score (nSPS) is 11.9. The molecule has 0 aliphatic heterocycles. The highest BCUT2D eigenvalue weighted by molar-refractivity contribution is 5.89. The lowest BCUT2D eigenvalue weighted by Gasteiger charge is -2.18. The summed E-state index contributed by atoms with van der Waals surface area (Å²) in [6.07, 6.45) is 1.79. The molecule has 0 bridgehead atoms. The number of benzene rings is 2. The van der Waals surface area contributed by atoms with E-state index in [9.17, 15) is 18.4 Å². The van der Waals surface area contributed by atoms with Crippen molar-refractivity contribution in [2.75, 3.05) is 5.32 Å². The van der Waals surface area contributed by atoms with Gasteiger partial charge in [0.2, 0.25) is 0 Å². The SMILES string of the molecule is CC[C@H](NC(=O)Nc1ccc(-n2ncn(C)c2=O)cc1)c1cc(F)ccc1F. The van der Waals surface area contributed by atoms with Crippen LogP contribution in [0.5, 0.6) is 0 Å². The van der Waals surface area contributed by atoms with Crippen LogP contribution in [0.4, 0.5) is 19.3 Å². The van der Waals surface area contributed by atoms with E-state index < -0.39 is 23.7 Å². The highest BCUT2D eigenvalue weighted by Crippen LogP contribution is 2.21. The Kier molecular flexibility index (Phi) is 5.53. The largest absolute Gasteiger partial charge is 0.350 e. The van der Waals surface area contributed by atoms with E-state index in [2.05, 4.69) is 15.7 Å². The zero-order valence-electron chi connectivity index (χ0n) is 15.3. The first-order chi connectivity index (χ1) is 13.4. The second-order valence-corrected chi connectivity index (χ2v) is 6.21. The van der Waals surface area contributed by atoms with E-state index in [0.29, 0.717) is 17.8 Å². The highest BCUT2D eigenvalue weighted by atomic mass is 19.1. The van der Waals surface area contributed by atoms with Gasteiger partial charge in [0.1, 0.15) is 18.0 Å². The molecular weight excluding hydrogens is 368 g/mol. The van der Waals surface area contributed by atoms with Gasteiger partial charge in [-0.3, -0.25) is 4.57 Å². The minimum atomic E-state index is -0.679. The molecule has 0 aliphatic rings. The number of urea groups is 1. The van der Waals surface area contributed by atoms with Crippen LogP contribution < -0.4 is 16.3 Å². The van der Waals surface area contributed by atoms with Gasteiger partial charge in [0.25, 0.3) is 0 Å². The van der Waals surface area contributed by atoms with Crippen LogP contribution in [0.1, 0.15) is 24.9 Å². The van der Waals surface area contributed by atoms with Crippen molar-refractivity contribution in [2.24, 2.45) is 7.05 Å². The molecule has 7 nitrogen and oxygen atoms in total. The molecule has 0 fully saturated rings. The van der Waals surface area contributed by atoms with Gasteiger partial charge in [0, 0.05) is 18.3 Å². The van der Waals surface area contributed by atoms with Crippen LogP contribution in [0.25, 0.3) is 5.69 Å². The fourth-order valence-electron chi connectivity index (χ4n) is 2.75. The van der Waals surface area contributed by atoms with Gasteiger partial charge < -0.3 is 10.6 Å². The quantitative estimate of drug-likeness (QED) is 0.706. The van der Waals surface area contributed by atoms with Crippen molar-refractivity contribution >= 4 is 11.7 Å². The van der Waals surface area contributed by atoms with E-state index in [0.717, 1.165) is 18.2 Å². The molecule has 1 heterocycles. The van der Waals surface area contributed by atoms with Crippen molar-refractivity contribution in [3.8, 4) is 5.69 Å². The Morgan fingerprint density at radius 3 is 2.50 bits per heavy atom. The molecule has 0 saturated carbocycles. The summed E-state index contributed by atoms with van der Waals surface area (Å²) in [7, 11) is 1.59. The number of anilines is 1. The van der Waals surface area contributed by atoms with Crippen LogP contribution >= 0.6 is 0 Å². The fourth-order valence-corrected chi connectivity index (χ4v) is 2.75. The van der Waals surface area contributed by atoms with Crippen LogP contribution in [0, 0.1) is 11.6 Å². The van der Waals surface area contributed by atoms with Crippen molar-refractivity contribution in [2.45, 2.75) is 19.4 Å². The zero-order chi connectivity index (χ0) is 20.3. The number of rotatable bonds is 5. The van der Waals surface area contributed by atoms with Gasteiger partial charge in [-0.15, -0.1) is 0 Å². The van der Waals surface area contributed by atoms with Crippen LogP contribution in [0.15, 0.2) is 53.6 Å². The Morgan fingerprint density at radius 1 is 1.18 bits per heavy atom. The molecule has 3 aromatic rings. The molecule has 9 heteroatoms. The van der Waals surface area contributed by atoms with Gasteiger partial charge in [-0.05, 0) is 48.9 Å². The average Bonchev–Trinajstić information content (AvgIpc) is 3.01. The Balaban J connectivity index is 1.69. The minimum absolute atomic E-state index is 0.0857. The summed E-state index contributed by atoms with van der Waals surface area (Å²) in [5.41, 5.74) is 0.813. The van der Waals surface area contributed by atoms with E-state index in [1.165, 1.54) is 15.6 Å². The summed E-state index contributed by atoms with van der Waals surface area (Å²) in [6.45, 7) is 1.76. The molecule has 3 rings (SSSR count). The molecule has 1 atom stereocenters. The van der Waals surface area contributed by atoms with Gasteiger partial charge >= 0.3 is 11.7 Å². The lowest BCUT2D eigenvalue weighted by atomic mass is 10.0. The lowest BCUT2D eigenvalue weighted by Crippen LogP contribution is -2.32. The number of aryl methyl sites for hydroxylation is 1. The first-order valence-electron chi connectivity index (χ1n) is 8.62. The summed E-state index contributed by atoms with van der Waals surface area (Å²) in [5, 5.41) is 9.24. The number of amides is 2. The molecule has 0 saturated heterocycles. The second-order valence-electron chi connectivity index (χ2n) is 6.21. The van der Waals surface area contributed by atoms with Crippen LogP contribution in [-0.2, 0) is 7.05 Å². The number of hydrogen-bond acceptors (Lipinski definition) is 3. The number of hydrogen-bond donors (Lipinski definition) is 2. The Bertz CT molecular complexity index is 1040. The summed E-state index contributed by atoms with van der Waals surface area (Å²) < 4.78 is 29.9. The van der Waals surface area contributed by atoms with E-state index in [1.807, 2.05) is 0 Å². The van der Waals surface area contributed by atoms with Gasteiger partial charge in [0.05, 0.1) is 11.7 Å². The standard InChI is InChI=1S/C19H19F2N5O2/c1-3-17(15-10-12(20)4-9-16(15)21)24-18(27)23-13-5-7-14(8-6-13)26-19(28)25(2)11-22-26/h4-11,17H,3H2,1-2H3,(H2,23,24,27)/t17-/m0/s1. The van der Waals surface area contributed by atoms with Gasteiger partial charge in [-0.2, -0.15) is 9.78 Å². The number of carbonyl (C=O) groups is 1. The number of nitrogens with one attached hydrogen (secondary N) is 2. The Morgan fingerprint density at radius 2 is 1.89 bits per heavy atom. The third kappa shape index (κ3) is 4.08. The Hall–Kier alpha value is -3.49. The van der Waals surface area contributed by atoms with Gasteiger partial charge in [-0.1, -0.05) is 6.92 Å². The first kappa shape index (κ1) is 19.3. The predicted molar refractivity (Wildman–Crippen MR) is 100 cm³/mol. The summed E-state index contributed by atoms with van der Waals surface area (Å²) in [4.78, 5) is 24.2. The fraction of sp³-hybridized carbons (Fsp3) is 0.211. The second kappa shape index (κ2) is 8.03. The van der Waals surface area contributed by atoms with Gasteiger partial charge in [0.15, 0.2) is 0 Å². The van der Waals surface area contributed by atoms with Crippen molar-refractivity contribution in [3.63, 3.8) is 0 Å². The maximum absolute atomic E-state index is 14.0. The van der Waals surface area contributed by atoms with Gasteiger partial charge in [-0.25, -0.2) is 18.4 Å². The molecule has 28 heavy (non-hydrogen) atoms. The van der Waals surface area contributed by atoms with Crippen molar-refractivity contribution < 1.29 is 13.6 Å². The smallest absolute Gasteiger partial charge is 0.331 e. The molecule has 0 spiro atoms. The van der Waals surface area contributed by atoms with E-state index in [1.54, 1.807) is 38.2 Å². The molecule has 2 N–H and O–H groups in total. The lowest BCUT2D eigenvalue weighted by molar-refractivity contribution is 0.248. The minimum Gasteiger partial charge on any atom is -0.331 e. The van der Waals surface area contributed by atoms with Crippen LogP contribution in [0.2, 0.25) is 0 Å². The number of carbonyl (C=O) groups excluding carboxylic acids is 1. The Labute approximate surface area is 159 Å². The highest BCUT2D eigenvalue weighted by Gasteiger charge is 2.17. The van der Waals surface area contributed by atoms with E-state index >= 15 is 0 Å². The third-order valence-electron chi connectivity index (χ3n) is 4.24. The van der Waals surface area contributed by atoms with Crippen molar-refractivity contribution in [1.82, 2.24) is 19.7 Å². The maximum atomic E-state index is 14.0. The number of halogens is 2. The summed E-state index contributed by atoms with van der Waals surface area (Å²) >= 11 is 0. The molecular formula is C19H19F2N5O2. The summed E-state index contributed by atoms with van der Waals surface area (Å²) in [6, 6.07) is 8.38.